The first-order valence-corrected chi connectivity index (χ1v) is 6.51. The maximum absolute atomic E-state index is 11.6. The highest BCUT2D eigenvalue weighted by molar-refractivity contribution is 7.92. The Labute approximate surface area is 85.2 Å². The average Bonchev–Trinajstić information content (AvgIpc) is 2.02. The molecular formula is C9H18O4S. The van der Waals surface area contributed by atoms with Gasteiger partial charge in [0.2, 0.25) is 0 Å². The highest BCUT2D eigenvalue weighted by atomic mass is 32.2. The van der Waals surface area contributed by atoms with Gasteiger partial charge in [-0.3, -0.25) is 4.79 Å². The van der Waals surface area contributed by atoms with E-state index in [-0.39, 0.29) is 18.1 Å². The van der Waals surface area contributed by atoms with Crippen LogP contribution in [-0.2, 0) is 14.6 Å². The van der Waals surface area contributed by atoms with Crippen LogP contribution >= 0.6 is 0 Å². The van der Waals surface area contributed by atoms with Crippen molar-refractivity contribution in [3.05, 3.63) is 0 Å². The van der Waals surface area contributed by atoms with Gasteiger partial charge in [-0.25, -0.2) is 8.42 Å². The Bertz CT molecular complexity index is 281. The molecule has 0 fully saturated rings. The summed E-state index contributed by atoms with van der Waals surface area (Å²) in [4.78, 5) is 10.7. The molecule has 0 saturated carbocycles. The van der Waals surface area contributed by atoms with Crippen molar-refractivity contribution in [3.8, 4) is 0 Å². The molecule has 1 N–H and O–H groups in total. The van der Waals surface area contributed by atoms with E-state index < -0.39 is 21.1 Å². The third-order valence-electron chi connectivity index (χ3n) is 2.29. The van der Waals surface area contributed by atoms with Crippen molar-refractivity contribution in [2.24, 2.45) is 5.92 Å². The number of rotatable bonds is 6. The monoisotopic (exact) mass is 222 g/mol. The Kier molecular flexibility index (Phi) is 5.12. The highest BCUT2D eigenvalue weighted by Gasteiger charge is 2.31. The van der Waals surface area contributed by atoms with Gasteiger partial charge in [0, 0.05) is 0 Å². The summed E-state index contributed by atoms with van der Waals surface area (Å²) in [5, 5.41) is 7.48. The van der Waals surface area contributed by atoms with Gasteiger partial charge in [-0.15, -0.1) is 0 Å². The molecule has 5 heteroatoms. The second kappa shape index (κ2) is 5.34. The fourth-order valence-electron chi connectivity index (χ4n) is 1.21. The van der Waals surface area contributed by atoms with Gasteiger partial charge >= 0.3 is 5.97 Å². The van der Waals surface area contributed by atoms with Gasteiger partial charge < -0.3 is 5.11 Å². The fraction of sp³-hybridized carbons (Fsp3) is 0.889. The Morgan fingerprint density at radius 1 is 1.29 bits per heavy atom. The molecule has 0 aromatic carbocycles. The van der Waals surface area contributed by atoms with Crippen LogP contribution < -0.4 is 0 Å². The summed E-state index contributed by atoms with van der Waals surface area (Å²) in [5.41, 5.74) is 0. The van der Waals surface area contributed by atoms with Crippen LogP contribution in [-0.4, -0.2) is 30.5 Å². The lowest BCUT2D eigenvalue weighted by molar-refractivity contribution is -0.136. The summed E-state index contributed by atoms with van der Waals surface area (Å²) in [6, 6.07) is 0. The van der Waals surface area contributed by atoms with Crippen LogP contribution in [0.4, 0.5) is 0 Å². The van der Waals surface area contributed by atoms with E-state index in [0.717, 1.165) is 6.42 Å². The van der Waals surface area contributed by atoms with Gasteiger partial charge in [-0.05, 0) is 12.3 Å². The molecule has 0 spiro atoms. The van der Waals surface area contributed by atoms with Crippen molar-refractivity contribution in [2.75, 3.05) is 5.75 Å². The van der Waals surface area contributed by atoms with E-state index in [4.69, 9.17) is 5.11 Å². The van der Waals surface area contributed by atoms with Crippen molar-refractivity contribution in [2.45, 2.75) is 38.9 Å². The van der Waals surface area contributed by atoms with E-state index in [0.29, 0.717) is 0 Å². The van der Waals surface area contributed by atoms with Gasteiger partial charge in [-0.1, -0.05) is 27.2 Å². The molecule has 0 saturated heterocycles. The largest absolute Gasteiger partial charge is 0.480 e. The number of sulfone groups is 1. The van der Waals surface area contributed by atoms with E-state index in [1.165, 1.54) is 0 Å². The quantitative estimate of drug-likeness (QED) is 0.735. The standard InChI is InChI=1S/C9H18O4S/c1-4-7(3)6-14(12,13)8(5-2)9(10)11/h7-8H,4-6H2,1-3H3,(H,10,11). The first-order valence-electron chi connectivity index (χ1n) is 4.79. The van der Waals surface area contributed by atoms with Gasteiger partial charge in [0.25, 0.3) is 0 Å². The molecule has 0 aliphatic carbocycles. The Hall–Kier alpha value is -0.580. The van der Waals surface area contributed by atoms with Crippen LogP contribution in [0.3, 0.4) is 0 Å². The predicted molar refractivity (Wildman–Crippen MR) is 55.0 cm³/mol. The minimum absolute atomic E-state index is 0.0217. The molecule has 0 aromatic heterocycles. The molecule has 0 amide bonds. The molecule has 0 aliphatic heterocycles. The summed E-state index contributed by atoms with van der Waals surface area (Å²) in [6.07, 6.45) is 0.878. The number of carboxylic acids is 1. The van der Waals surface area contributed by atoms with Crippen LogP contribution in [0.1, 0.15) is 33.6 Å². The molecule has 0 aromatic rings. The highest BCUT2D eigenvalue weighted by Crippen LogP contribution is 2.13. The van der Waals surface area contributed by atoms with Crippen molar-refractivity contribution in [1.29, 1.82) is 0 Å². The topological polar surface area (TPSA) is 71.4 Å². The van der Waals surface area contributed by atoms with Crippen LogP contribution in [0.5, 0.6) is 0 Å². The molecule has 0 rings (SSSR count). The van der Waals surface area contributed by atoms with Gasteiger partial charge in [0.1, 0.15) is 0 Å². The summed E-state index contributed by atoms with van der Waals surface area (Å²) < 4.78 is 23.2. The SMILES string of the molecule is CCC(C)CS(=O)(=O)C(CC)C(=O)O. The zero-order valence-electron chi connectivity index (χ0n) is 8.86. The van der Waals surface area contributed by atoms with E-state index in [2.05, 4.69) is 0 Å². The molecule has 2 unspecified atom stereocenters. The molecule has 0 heterocycles. The van der Waals surface area contributed by atoms with Crippen LogP contribution in [0.2, 0.25) is 0 Å². The molecule has 14 heavy (non-hydrogen) atoms. The third-order valence-corrected chi connectivity index (χ3v) is 4.73. The average molecular weight is 222 g/mol. The van der Waals surface area contributed by atoms with Crippen LogP contribution in [0.25, 0.3) is 0 Å². The minimum Gasteiger partial charge on any atom is -0.480 e. The maximum Gasteiger partial charge on any atom is 0.321 e. The van der Waals surface area contributed by atoms with Crippen molar-refractivity contribution >= 4 is 15.8 Å². The smallest absolute Gasteiger partial charge is 0.321 e. The zero-order chi connectivity index (χ0) is 11.4. The minimum atomic E-state index is -3.48. The van der Waals surface area contributed by atoms with E-state index in [1.54, 1.807) is 6.92 Å². The van der Waals surface area contributed by atoms with Crippen molar-refractivity contribution in [1.82, 2.24) is 0 Å². The summed E-state index contributed by atoms with van der Waals surface area (Å²) >= 11 is 0. The molecule has 0 radical (unpaired) electrons. The van der Waals surface area contributed by atoms with E-state index >= 15 is 0 Å². The fourth-order valence-corrected chi connectivity index (χ4v) is 3.29. The first kappa shape index (κ1) is 13.4. The molecule has 0 aliphatic rings. The van der Waals surface area contributed by atoms with E-state index in [9.17, 15) is 13.2 Å². The number of aliphatic carboxylic acids is 1. The Morgan fingerprint density at radius 3 is 2.07 bits per heavy atom. The normalized spacial score (nSPS) is 16.2. The lowest BCUT2D eigenvalue weighted by atomic mass is 10.2. The lowest BCUT2D eigenvalue weighted by Crippen LogP contribution is -2.33. The van der Waals surface area contributed by atoms with Crippen molar-refractivity contribution in [3.63, 3.8) is 0 Å². The van der Waals surface area contributed by atoms with Gasteiger partial charge in [-0.2, -0.15) is 0 Å². The van der Waals surface area contributed by atoms with Gasteiger partial charge in [0.05, 0.1) is 5.75 Å². The van der Waals surface area contributed by atoms with E-state index in [1.807, 2.05) is 13.8 Å². The summed E-state index contributed by atoms with van der Waals surface area (Å²) in [6.45, 7) is 5.28. The summed E-state index contributed by atoms with van der Waals surface area (Å²) in [5.74, 6) is -1.25. The Morgan fingerprint density at radius 2 is 1.79 bits per heavy atom. The maximum atomic E-state index is 11.6. The van der Waals surface area contributed by atoms with Crippen molar-refractivity contribution < 1.29 is 18.3 Å². The predicted octanol–water partition coefficient (Wildman–Crippen LogP) is 1.31. The number of hydrogen-bond acceptors (Lipinski definition) is 3. The third kappa shape index (κ3) is 3.65. The first-order chi connectivity index (χ1) is 6.35. The van der Waals surface area contributed by atoms with Crippen LogP contribution in [0, 0.1) is 5.92 Å². The van der Waals surface area contributed by atoms with Crippen LogP contribution in [0.15, 0.2) is 0 Å². The zero-order valence-corrected chi connectivity index (χ0v) is 9.67. The summed E-state index contributed by atoms with van der Waals surface area (Å²) in [7, 11) is -3.48. The molecular weight excluding hydrogens is 204 g/mol. The van der Waals surface area contributed by atoms with Gasteiger partial charge in [0.15, 0.2) is 15.1 Å². The lowest BCUT2D eigenvalue weighted by Gasteiger charge is -2.14. The molecule has 4 nitrogen and oxygen atoms in total. The number of carboxylic acid groups (broad SMARTS) is 1. The Balaban J connectivity index is 4.67. The number of carbonyl (C=O) groups is 1. The second-order valence-electron chi connectivity index (χ2n) is 3.58. The molecule has 84 valence electrons. The molecule has 0 bridgehead atoms. The molecule has 2 atom stereocenters. The number of hydrogen-bond donors (Lipinski definition) is 1. The second-order valence-corrected chi connectivity index (χ2v) is 5.81.